The van der Waals surface area contributed by atoms with E-state index >= 15 is 0 Å². The molecule has 0 aliphatic carbocycles. The quantitative estimate of drug-likeness (QED) is 0.845. The summed E-state index contributed by atoms with van der Waals surface area (Å²) in [5.74, 6) is 1.11. The molecular formula is C20H21N5O. The summed E-state index contributed by atoms with van der Waals surface area (Å²) < 4.78 is 0. The first-order chi connectivity index (χ1) is 12.8. The number of piperazine rings is 1. The van der Waals surface area contributed by atoms with Gasteiger partial charge in [0.25, 0.3) is 0 Å². The fourth-order valence-electron chi connectivity index (χ4n) is 3.75. The number of pyridine rings is 1. The summed E-state index contributed by atoms with van der Waals surface area (Å²) in [7, 11) is 0. The van der Waals surface area contributed by atoms with E-state index in [1.165, 1.54) is 0 Å². The number of amides is 1. The summed E-state index contributed by atoms with van der Waals surface area (Å²) in [5, 5.41) is 9.24. The number of benzene rings is 1. The van der Waals surface area contributed by atoms with Gasteiger partial charge in [0, 0.05) is 44.6 Å². The minimum absolute atomic E-state index is 0.116. The van der Waals surface area contributed by atoms with E-state index in [4.69, 9.17) is 0 Å². The second kappa shape index (κ2) is 7.14. The van der Waals surface area contributed by atoms with Gasteiger partial charge in [0.1, 0.15) is 5.82 Å². The van der Waals surface area contributed by atoms with Crippen LogP contribution in [0.3, 0.4) is 0 Å². The summed E-state index contributed by atoms with van der Waals surface area (Å²) in [6, 6.07) is 13.8. The summed E-state index contributed by atoms with van der Waals surface area (Å²) in [5.41, 5.74) is 2.59. The molecule has 6 nitrogen and oxygen atoms in total. The third-order valence-electron chi connectivity index (χ3n) is 5.15. The van der Waals surface area contributed by atoms with Gasteiger partial charge in [-0.05, 0) is 36.2 Å². The lowest BCUT2D eigenvalue weighted by Crippen LogP contribution is -2.50. The molecule has 1 aromatic heterocycles. The number of hydrogen-bond acceptors (Lipinski definition) is 5. The van der Waals surface area contributed by atoms with Crippen LogP contribution in [0, 0.1) is 11.3 Å². The van der Waals surface area contributed by atoms with Crippen molar-refractivity contribution in [1.29, 1.82) is 5.26 Å². The van der Waals surface area contributed by atoms with E-state index in [2.05, 4.69) is 20.9 Å². The van der Waals surface area contributed by atoms with E-state index < -0.39 is 0 Å². The van der Waals surface area contributed by atoms with Gasteiger partial charge >= 0.3 is 0 Å². The average Bonchev–Trinajstić information content (AvgIpc) is 3.13. The zero-order valence-corrected chi connectivity index (χ0v) is 14.6. The van der Waals surface area contributed by atoms with Crippen LogP contribution in [0.25, 0.3) is 0 Å². The Morgan fingerprint density at radius 3 is 2.65 bits per heavy atom. The van der Waals surface area contributed by atoms with Crippen LogP contribution in [0.4, 0.5) is 11.5 Å². The fourth-order valence-corrected chi connectivity index (χ4v) is 3.75. The Bertz CT molecular complexity index is 837. The number of hydrogen-bond donors (Lipinski definition) is 0. The van der Waals surface area contributed by atoms with Gasteiger partial charge in [0.2, 0.25) is 5.91 Å². The van der Waals surface area contributed by atoms with Gasteiger partial charge in [-0.2, -0.15) is 5.26 Å². The van der Waals surface area contributed by atoms with Crippen molar-refractivity contribution in [3.8, 4) is 6.07 Å². The first-order valence-corrected chi connectivity index (χ1v) is 8.97. The molecule has 3 heterocycles. The molecule has 0 radical (unpaired) electrons. The molecule has 2 aromatic rings. The van der Waals surface area contributed by atoms with Gasteiger partial charge in [-0.1, -0.05) is 12.1 Å². The molecule has 132 valence electrons. The van der Waals surface area contributed by atoms with Crippen molar-refractivity contribution in [2.24, 2.45) is 0 Å². The number of nitriles is 1. The molecule has 0 spiro atoms. The zero-order chi connectivity index (χ0) is 17.9. The molecule has 4 rings (SSSR count). The van der Waals surface area contributed by atoms with Crippen molar-refractivity contribution in [3.63, 3.8) is 0 Å². The molecule has 1 aromatic carbocycles. The van der Waals surface area contributed by atoms with Crippen LogP contribution in [0.1, 0.15) is 11.1 Å². The molecule has 1 fully saturated rings. The highest BCUT2D eigenvalue weighted by Crippen LogP contribution is 2.30. The van der Waals surface area contributed by atoms with Crippen molar-refractivity contribution in [2.45, 2.75) is 6.42 Å². The third kappa shape index (κ3) is 3.14. The van der Waals surface area contributed by atoms with Crippen LogP contribution in [0.2, 0.25) is 0 Å². The molecule has 1 amide bonds. The van der Waals surface area contributed by atoms with Gasteiger partial charge < -0.3 is 9.80 Å². The van der Waals surface area contributed by atoms with Crippen LogP contribution in [-0.4, -0.2) is 55.1 Å². The topological polar surface area (TPSA) is 63.5 Å². The molecule has 0 unspecified atom stereocenters. The number of anilines is 2. The van der Waals surface area contributed by atoms with Gasteiger partial charge in [0.15, 0.2) is 0 Å². The Kier molecular flexibility index (Phi) is 4.55. The van der Waals surface area contributed by atoms with E-state index in [1.54, 1.807) is 0 Å². The molecule has 1 saturated heterocycles. The predicted molar refractivity (Wildman–Crippen MR) is 100 cm³/mol. The number of aromatic nitrogens is 1. The van der Waals surface area contributed by atoms with Gasteiger partial charge in [-0.15, -0.1) is 0 Å². The summed E-state index contributed by atoms with van der Waals surface area (Å²) in [6.07, 6.45) is 2.57. The van der Waals surface area contributed by atoms with Crippen LogP contribution in [0.15, 0.2) is 42.6 Å². The highest BCUT2D eigenvalue weighted by atomic mass is 16.2. The lowest BCUT2D eigenvalue weighted by Gasteiger charge is -2.35. The van der Waals surface area contributed by atoms with E-state index in [0.29, 0.717) is 18.7 Å². The lowest BCUT2D eigenvalue weighted by molar-refractivity contribution is -0.119. The Balaban J connectivity index is 1.37. The normalized spacial score (nSPS) is 17.0. The molecule has 26 heavy (non-hydrogen) atoms. The van der Waals surface area contributed by atoms with E-state index in [-0.39, 0.29) is 5.91 Å². The second-order valence-corrected chi connectivity index (χ2v) is 6.66. The second-order valence-electron chi connectivity index (χ2n) is 6.66. The summed E-state index contributed by atoms with van der Waals surface area (Å²) in [6.45, 7) is 4.54. The van der Waals surface area contributed by atoms with E-state index in [9.17, 15) is 10.1 Å². The number of carbonyl (C=O) groups excluding carboxylic acids is 1. The van der Waals surface area contributed by atoms with Crippen molar-refractivity contribution < 1.29 is 4.79 Å². The molecule has 0 atom stereocenters. The maximum Gasteiger partial charge on any atom is 0.241 e. The van der Waals surface area contributed by atoms with Crippen molar-refractivity contribution in [3.05, 3.63) is 53.7 Å². The minimum Gasteiger partial charge on any atom is -0.354 e. The van der Waals surface area contributed by atoms with E-state index in [0.717, 1.165) is 49.7 Å². The van der Waals surface area contributed by atoms with Crippen molar-refractivity contribution in [1.82, 2.24) is 9.88 Å². The number of rotatable bonds is 3. The molecule has 2 aliphatic heterocycles. The minimum atomic E-state index is 0.116. The molecule has 0 bridgehead atoms. The van der Waals surface area contributed by atoms with Gasteiger partial charge in [0.05, 0.1) is 18.2 Å². The molecule has 2 aliphatic rings. The Morgan fingerprint density at radius 1 is 1.08 bits per heavy atom. The third-order valence-corrected chi connectivity index (χ3v) is 5.15. The van der Waals surface area contributed by atoms with Crippen LogP contribution < -0.4 is 9.80 Å². The van der Waals surface area contributed by atoms with Gasteiger partial charge in [-0.25, -0.2) is 4.98 Å². The standard InChI is InChI=1S/C20H21N5O/c21-14-16-4-3-5-18-17(16)7-9-25(18)20(26)15-23-10-12-24(13-11-23)19-6-1-2-8-22-19/h1-6,8H,7,9-13,15H2. The molecule has 0 saturated carbocycles. The highest BCUT2D eigenvalue weighted by Gasteiger charge is 2.28. The zero-order valence-electron chi connectivity index (χ0n) is 14.6. The average molecular weight is 347 g/mol. The lowest BCUT2D eigenvalue weighted by atomic mass is 10.1. The van der Waals surface area contributed by atoms with Crippen molar-refractivity contribution >= 4 is 17.4 Å². The van der Waals surface area contributed by atoms with Crippen LogP contribution >= 0.6 is 0 Å². The Morgan fingerprint density at radius 2 is 1.92 bits per heavy atom. The van der Waals surface area contributed by atoms with E-state index in [1.807, 2.05) is 47.5 Å². The maximum absolute atomic E-state index is 12.8. The number of fused-ring (bicyclic) bond motifs is 1. The predicted octanol–water partition coefficient (Wildman–Crippen LogP) is 1.66. The monoisotopic (exact) mass is 347 g/mol. The fraction of sp³-hybridized carbons (Fsp3) is 0.350. The Labute approximate surface area is 153 Å². The first kappa shape index (κ1) is 16.6. The number of carbonyl (C=O) groups is 1. The van der Waals surface area contributed by atoms with Crippen LogP contribution in [0.5, 0.6) is 0 Å². The van der Waals surface area contributed by atoms with Crippen LogP contribution in [-0.2, 0) is 11.2 Å². The van der Waals surface area contributed by atoms with Crippen molar-refractivity contribution in [2.75, 3.05) is 49.1 Å². The Hall–Kier alpha value is -2.91. The SMILES string of the molecule is N#Cc1cccc2c1CCN2C(=O)CN1CCN(c2ccccn2)CC1. The number of nitrogens with zero attached hydrogens (tertiary/aromatic N) is 5. The summed E-state index contributed by atoms with van der Waals surface area (Å²) in [4.78, 5) is 23.5. The molecule has 6 heteroatoms. The molecule has 0 N–H and O–H groups in total. The van der Waals surface area contributed by atoms with Gasteiger partial charge in [-0.3, -0.25) is 9.69 Å². The summed E-state index contributed by atoms with van der Waals surface area (Å²) >= 11 is 0. The smallest absolute Gasteiger partial charge is 0.241 e. The maximum atomic E-state index is 12.8. The largest absolute Gasteiger partial charge is 0.354 e. The highest BCUT2D eigenvalue weighted by molar-refractivity contribution is 5.97. The molecular weight excluding hydrogens is 326 g/mol. The first-order valence-electron chi connectivity index (χ1n) is 8.97.